The second-order valence-electron chi connectivity index (χ2n) is 6.10. The van der Waals surface area contributed by atoms with E-state index >= 15 is 0 Å². The van der Waals surface area contributed by atoms with Gasteiger partial charge in [-0.05, 0) is 72.5 Å². The van der Waals surface area contributed by atoms with Crippen molar-refractivity contribution in [2.24, 2.45) is 0 Å². The van der Waals surface area contributed by atoms with Crippen LogP contribution in [0, 0.1) is 0 Å². The summed E-state index contributed by atoms with van der Waals surface area (Å²) in [7, 11) is 0. The van der Waals surface area contributed by atoms with Gasteiger partial charge in [0.05, 0.1) is 25.3 Å². The second-order valence-corrected chi connectivity index (χ2v) is 9.85. The molecule has 0 saturated carbocycles. The van der Waals surface area contributed by atoms with Crippen LogP contribution >= 0.6 is 43.2 Å². The Labute approximate surface area is 141 Å². The molecule has 0 aliphatic carbocycles. The van der Waals surface area contributed by atoms with Crippen molar-refractivity contribution in [1.29, 1.82) is 0 Å². The Balaban J connectivity index is 2.57. The molecule has 1 aromatic heterocycles. The van der Waals surface area contributed by atoms with Crippen LogP contribution in [-0.2, 0) is 9.47 Å². The number of esters is 1. The lowest BCUT2D eigenvalue weighted by atomic mass is 10.1. The molecule has 114 valence electrons. The number of rotatable bonds is 5. The van der Waals surface area contributed by atoms with E-state index in [1.165, 1.54) is 11.3 Å². The molecule has 0 aliphatic rings. The van der Waals surface area contributed by atoms with Gasteiger partial charge in [0, 0.05) is 6.42 Å². The van der Waals surface area contributed by atoms with Crippen LogP contribution in [-0.4, -0.2) is 23.8 Å². The van der Waals surface area contributed by atoms with E-state index in [2.05, 4.69) is 31.9 Å². The molecule has 0 atom stereocenters. The molecule has 0 spiro atoms. The molecule has 0 aliphatic heterocycles. The Morgan fingerprint density at radius 1 is 1.25 bits per heavy atom. The molecule has 1 heterocycles. The monoisotopic (exact) mass is 426 g/mol. The zero-order valence-electron chi connectivity index (χ0n) is 12.4. The molecular formula is C14H20Br2O3S. The maximum atomic E-state index is 12.1. The van der Waals surface area contributed by atoms with Crippen LogP contribution < -0.4 is 0 Å². The van der Waals surface area contributed by atoms with Crippen LogP contribution in [0.4, 0.5) is 0 Å². The largest absolute Gasteiger partial charge is 0.456 e. The standard InChI is InChI=1S/C14H20Br2O3S/c1-13(2,3)18-7-6-14(4,5)19-12(17)9-8-10(15)20-11(9)16/h8H,6-7H2,1-5H3. The average molecular weight is 428 g/mol. The van der Waals surface area contributed by atoms with Gasteiger partial charge in [-0.1, -0.05) is 0 Å². The van der Waals surface area contributed by atoms with Gasteiger partial charge < -0.3 is 9.47 Å². The van der Waals surface area contributed by atoms with Crippen molar-refractivity contribution in [3.63, 3.8) is 0 Å². The Hall–Kier alpha value is 0.0900. The summed E-state index contributed by atoms with van der Waals surface area (Å²) in [5.41, 5.74) is -0.191. The molecule has 20 heavy (non-hydrogen) atoms. The zero-order chi connectivity index (χ0) is 15.6. The van der Waals surface area contributed by atoms with Crippen molar-refractivity contribution in [3.05, 3.63) is 19.2 Å². The van der Waals surface area contributed by atoms with Crippen molar-refractivity contribution in [2.75, 3.05) is 6.61 Å². The van der Waals surface area contributed by atoms with Gasteiger partial charge in [0.1, 0.15) is 5.60 Å². The van der Waals surface area contributed by atoms with E-state index in [-0.39, 0.29) is 11.6 Å². The van der Waals surface area contributed by atoms with Crippen LogP contribution in [0.3, 0.4) is 0 Å². The maximum Gasteiger partial charge on any atom is 0.340 e. The maximum absolute atomic E-state index is 12.1. The van der Waals surface area contributed by atoms with Crippen molar-refractivity contribution < 1.29 is 14.3 Å². The molecule has 0 saturated heterocycles. The van der Waals surface area contributed by atoms with Crippen LogP contribution in [0.5, 0.6) is 0 Å². The fourth-order valence-electron chi connectivity index (χ4n) is 1.44. The van der Waals surface area contributed by atoms with E-state index in [0.29, 0.717) is 18.6 Å². The quantitative estimate of drug-likeness (QED) is 0.589. The third-order valence-electron chi connectivity index (χ3n) is 2.48. The molecule has 0 radical (unpaired) electrons. The lowest BCUT2D eigenvalue weighted by molar-refractivity contribution is -0.0474. The molecule has 0 N–H and O–H groups in total. The summed E-state index contributed by atoms with van der Waals surface area (Å²) >= 11 is 8.18. The molecule has 1 aromatic rings. The molecule has 0 aromatic carbocycles. The van der Waals surface area contributed by atoms with Gasteiger partial charge in [-0.2, -0.15) is 0 Å². The summed E-state index contributed by atoms with van der Waals surface area (Å²) in [5, 5.41) is 0. The van der Waals surface area contributed by atoms with E-state index < -0.39 is 5.60 Å². The van der Waals surface area contributed by atoms with Crippen molar-refractivity contribution in [1.82, 2.24) is 0 Å². The molecule has 3 nitrogen and oxygen atoms in total. The Morgan fingerprint density at radius 3 is 2.30 bits per heavy atom. The summed E-state index contributed by atoms with van der Waals surface area (Å²) in [6.45, 7) is 10.4. The molecule has 1 rings (SSSR count). The number of halogens is 2. The predicted molar refractivity (Wildman–Crippen MR) is 89.5 cm³/mol. The van der Waals surface area contributed by atoms with Gasteiger partial charge in [-0.25, -0.2) is 4.79 Å². The highest BCUT2D eigenvalue weighted by atomic mass is 79.9. The number of hydrogen-bond donors (Lipinski definition) is 0. The fourth-order valence-corrected chi connectivity index (χ4v) is 4.21. The van der Waals surface area contributed by atoms with E-state index in [1.54, 1.807) is 6.07 Å². The normalized spacial score (nSPS) is 12.6. The number of ether oxygens (including phenoxy) is 2. The van der Waals surface area contributed by atoms with E-state index in [4.69, 9.17) is 9.47 Å². The third kappa shape index (κ3) is 6.24. The second kappa shape index (κ2) is 6.90. The third-order valence-corrected chi connectivity index (χ3v) is 4.82. The first kappa shape index (κ1) is 18.1. The highest BCUT2D eigenvalue weighted by Crippen LogP contribution is 2.33. The topological polar surface area (TPSA) is 35.5 Å². The molecule has 6 heteroatoms. The Bertz CT molecular complexity index is 475. The lowest BCUT2D eigenvalue weighted by Gasteiger charge is -2.27. The zero-order valence-corrected chi connectivity index (χ0v) is 16.4. The summed E-state index contributed by atoms with van der Waals surface area (Å²) in [4.78, 5) is 12.1. The predicted octanol–water partition coefficient (Wildman–Crippen LogP) is 5.41. The highest BCUT2D eigenvalue weighted by molar-refractivity contribution is 9.12. The minimum Gasteiger partial charge on any atom is -0.456 e. The first-order valence-corrected chi connectivity index (χ1v) is 8.72. The van der Waals surface area contributed by atoms with Gasteiger partial charge in [0.15, 0.2) is 0 Å². The molecule has 0 fully saturated rings. The summed E-state index contributed by atoms with van der Waals surface area (Å²) < 4.78 is 12.9. The number of thiophene rings is 1. The minimum absolute atomic E-state index is 0.179. The van der Waals surface area contributed by atoms with Gasteiger partial charge in [0.25, 0.3) is 0 Å². The highest BCUT2D eigenvalue weighted by Gasteiger charge is 2.26. The van der Waals surface area contributed by atoms with Gasteiger partial charge in [-0.15, -0.1) is 11.3 Å². The lowest BCUT2D eigenvalue weighted by Crippen LogP contribution is -2.31. The molecular weight excluding hydrogens is 408 g/mol. The van der Waals surface area contributed by atoms with E-state index in [0.717, 1.165) is 7.57 Å². The van der Waals surface area contributed by atoms with Crippen LogP contribution in [0.25, 0.3) is 0 Å². The Morgan fingerprint density at radius 2 is 1.85 bits per heavy atom. The van der Waals surface area contributed by atoms with Crippen molar-refractivity contribution >= 4 is 49.2 Å². The smallest absolute Gasteiger partial charge is 0.340 e. The molecule has 0 amide bonds. The number of carbonyl (C=O) groups is 1. The summed E-state index contributed by atoms with van der Waals surface area (Å²) in [6.07, 6.45) is 0.652. The molecule has 0 bridgehead atoms. The number of hydrogen-bond acceptors (Lipinski definition) is 4. The van der Waals surface area contributed by atoms with E-state index in [1.807, 2.05) is 34.6 Å². The minimum atomic E-state index is -0.559. The van der Waals surface area contributed by atoms with E-state index in [9.17, 15) is 4.79 Å². The fraction of sp³-hybridized carbons (Fsp3) is 0.643. The van der Waals surface area contributed by atoms with Gasteiger partial charge >= 0.3 is 5.97 Å². The van der Waals surface area contributed by atoms with Gasteiger partial charge in [-0.3, -0.25) is 0 Å². The number of carbonyl (C=O) groups excluding carboxylic acids is 1. The van der Waals surface area contributed by atoms with Gasteiger partial charge in [0.2, 0.25) is 0 Å². The summed E-state index contributed by atoms with van der Waals surface area (Å²) in [6, 6.07) is 1.76. The van der Waals surface area contributed by atoms with Crippen LogP contribution in [0.1, 0.15) is 51.4 Å². The molecule has 0 unspecified atom stereocenters. The first-order chi connectivity index (χ1) is 9.00. The van der Waals surface area contributed by atoms with Crippen LogP contribution in [0.15, 0.2) is 13.6 Å². The van der Waals surface area contributed by atoms with Crippen molar-refractivity contribution in [3.8, 4) is 0 Å². The SMILES string of the molecule is CC(C)(C)OCCC(C)(C)OC(=O)c1cc(Br)sc1Br. The van der Waals surface area contributed by atoms with Crippen LogP contribution in [0.2, 0.25) is 0 Å². The van der Waals surface area contributed by atoms with Crippen molar-refractivity contribution in [2.45, 2.75) is 52.2 Å². The Kier molecular flexibility index (Phi) is 6.26. The summed E-state index contributed by atoms with van der Waals surface area (Å²) in [5.74, 6) is -0.320. The first-order valence-electron chi connectivity index (χ1n) is 6.32. The average Bonchev–Trinajstić information content (AvgIpc) is 2.54.